The first-order valence-corrected chi connectivity index (χ1v) is 11.8. The zero-order valence-electron chi connectivity index (χ0n) is 16.9. The molecule has 0 saturated carbocycles. The highest BCUT2D eigenvalue weighted by molar-refractivity contribution is 7.91. The highest BCUT2D eigenvalue weighted by atomic mass is 32.2. The highest BCUT2D eigenvalue weighted by Crippen LogP contribution is 2.25. The van der Waals surface area contributed by atoms with E-state index in [2.05, 4.69) is 5.32 Å². The normalized spacial score (nSPS) is 15.5. The third kappa shape index (κ3) is 7.30. The van der Waals surface area contributed by atoms with Crippen LogP contribution in [0.2, 0.25) is 0 Å². The molecule has 162 valence electrons. The molecular formula is C20H29FN2O5S. The minimum Gasteiger partial charge on any atom is -0.491 e. The van der Waals surface area contributed by atoms with Crippen LogP contribution < -0.4 is 10.1 Å². The lowest BCUT2D eigenvalue weighted by Crippen LogP contribution is -2.29. The number of ether oxygens (including phenoxy) is 1. The van der Waals surface area contributed by atoms with E-state index >= 15 is 0 Å². The Hall–Kier alpha value is -2.16. The number of hydrogen-bond acceptors (Lipinski definition) is 5. The van der Waals surface area contributed by atoms with Crippen molar-refractivity contribution in [2.45, 2.75) is 45.4 Å². The smallest absolute Gasteiger partial charge is 0.324 e. The molecule has 0 spiro atoms. The number of nitrogens with zero attached hydrogens (tertiary/aromatic N) is 1. The average Bonchev–Trinajstić information content (AvgIpc) is 2.97. The van der Waals surface area contributed by atoms with Gasteiger partial charge in [-0.05, 0) is 42.9 Å². The summed E-state index contributed by atoms with van der Waals surface area (Å²) < 4.78 is 44.0. The lowest BCUT2D eigenvalue weighted by molar-refractivity contribution is -0.118. The number of unbranched alkanes of at least 4 members (excludes halogenated alkanes) is 2. The lowest BCUT2D eigenvalue weighted by atomic mass is 10.0. The number of hydrogen-bond donors (Lipinski definition) is 1. The fourth-order valence-electron chi connectivity index (χ4n) is 3.17. The van der Waals surface area contributed by atoms with Gasteiger partial charge in [0.15, 0.2) is 21.4 Å². The van der Waals surface area contributed by atoms with Crippen LogP contribution in [0.15, 0.2) is 18.2 Å². The molecule has 1 aromatic rings. The van der Waals surface area contributed by atoms with Gasteiger partial charge in [-0.15, -0.1) is 0 Å². The van der Waals surface area contributed by atoms with Crippen molar-refractivity contribution >= 4 is 21.8 Å². The Bertz CT molecular complexity index is 828. The van der Waals surface area contributed by atoms with E-state index in [1.807, 2.05) is 6.92 Å². The van der Waals surface area contributed by atoms with Crippen LogP contribution in [-0.4, -0.2) is 56.5 Å². The molecule has 0 aromatic heterocycles. The molecule has 29 heavy (non-hydrogen) atoms. The molecule has 1 atom stereocenters. The van der Waals surface area contributed by atoms with Gasteiger partial charge < -0.3 is 9.64 Å². The van der Waals surface area contributed by atoms with Gasteiger partial charge in [0.1, 0.15) is 6.54 Å². The number of nitrogens with one attached hydrogen (secondary N) is 1. The number of sulfone groups is 1. The molecule has 9 heteroatoms. The van der Waals surface area contributed by atoms with Gasteiger partial charge in [-0.2, -0.15) is 0 Å². The third-order valence-corrected chi connectivity index (χ3v) is 6.66. The minimum absolute atomic E-state index is 0.0190. The first-order chi connectivity index (χ1) is 13.7. The van der Waals surface area contributed by atoms with Gasteiger partial charge in [0.25, 0.3) is 0 Å². The molecule has 1 saturated heterocycles. The second kappa shape index (κ2) is 10.6. The lowest BCUT2D eigenvalue weighted by Gasteiger charge is -2.15. The van der Waals surface area contributed by atoms with Crippen LogP contribution in [0, 0.1) is 5.82 Å². The maximum Gasteiger partial charge on any atom is 0.324 e. The second-order valence-corrected chi connectivity index (χ2v) is 9.62. The van der Waals surface area contributed by atoms with E-state index in [0.717, 1.165) is 12.0 Å². The number of urea groups is 1. The van der Waals surface area contributed by atoms with Gasteiger partial charge in [0, 0.05) is 6.54 Å². The molecule has 0 unspecified atom stereocenters. The van der Waals surface area contributed by atoms with Crippen LogP contribution in [-0.2, 0) is 14.6 Å². The Labute approximate surface area is 171 Å². The van der Waals surface area contributed by atoms with Gasteiger partial charge in [0.2, 0.25) is 5.91 Å². The predicted molar refractivity (Wildman–Crippen MR) is 108 cm³/mol. The first-order valence-electron chi connectivity index (χ1n) is 9.93. The van der Waals surface area contributed by atoms with Crippen molar-refractivity contribution < 1.29 is 27.1 Å². The summed E-state index contributed by atoms with van der Waals surface area (Å²) in [6.45, 7) is 4.63. The molecule has 0 radical (unpaired) electrons. The van der Waals surface area contributed by atoms with Gasteiger partial charge in [0.05, 0.1) is 18.1 Å². The number of benzene rings is 1. The van der Waals surface area contributed by atoms with Crippen LogP contribution in [0.5, 0.6) is 5.75 Å². The molecule has 1 heterocycles. The van der Waals surface area contributed by atoms with E-state index in [1.165, 1.54) is 11.0 Å². The zero-order valence-corrected chi connectivity index (χ0v) is 17.8. The van der Waals surface area contributed by atoms with Gasteiger partial charge in [-0.1, -0.05) is 26.3 Å². The standard InChI is InChI=1S/C20H29FN2O5S/c1-3-10-28-18-12-16(7-8-17(18)21)15(2)14-29(26,27)11-6-4-5-9-23-13-19(24)22-20(23)25/h7-8,12,15H,3-6,9-11,13-14H2,1-2H3,(H,22,24,25)/t15-/m0/s1. The minimum atomic E-state index is -3.27. The summed E-state index contributed by atoms with van der Waals surface area (Å²) in [5, 5.41) is 2.21. The Morgan fingerprint density at radius 3 is 2.66 bits per heavy atom. The van der Waals surface area contributed by atoms with Crippen molar-refractivity contribution in [2.24, 2.45) is 0 Å². The Morgan fingerprint density at radius 2 is 2.00 bits per heavy atom. The van der Waals surface area contributed by atoms with Crippen molar-refractivity contribution in [3.05, 3.63) is 29.6 Å². The maximum absolute atomic E-state index is 13.8. The molecule has 3 amide bonds. The number of amides is 3. The van der Waals surface area contributed by atoms with Gasteiger partial charge in [-0.3, -0.25) is 10.1 Å². The van der Waals surface area contributed by atoms with Gasteiger partial charge >= 0.3 is 6.03 Å². The molecule has 1 aromatic carbocycles. The zero-order chi connectivity index (χ0) is 21.4. The van der Waals surface area contributed by atoms with Crippen LogP contribution >= 0.6 is 0 Å². The summed E-state index contributed by atoms with van der Waals surface area (Å²) in [4.78, 5) is 24.0. The molecule has 0 aliphatic carbocycles. The summed E-state index contributed by atoms with van der Waals surface area (Å²) in [5.41, 5.74) is 0.728. The number of imide groups is 1. The van der Waals surface area contributed by atoms with E-state index in [-0.39, 0.29) is 35.6 Å². The second-order valence-electron chi connectivity index (χ2n) is 7.39. The van der Waals surface area contributed by atoms with Crippen molar-refractivity contribution in [2.75, 3.05) is 31.2 Å². The molecule has 0 bridgehead atoms. The Kier molecular flexibility index (Phi) is 8.43. The largest absolute Gasteiger partial charge is 0.491 e. The van der Waals surface area contributed by atoms with E-state index < -0.39 is 21.7 Å². The summed E-state index contributed by atoms with van der Waals surface area (Å²) in [6, 6.07) is 4.09. The van der Waals surface area contributed by atoms with Crippen molar-refractivity contribution in [3.63, 3.8) is 0 Å². The first kappa shape index (κ1) is 23.1. The van der Waals surface area contributed by atoms with E-state index in [4.69, 9.17) is 4.74 Å². The molecule has 7 nitrogen and oxygen atoms in total. The summed E-state index contributed by atoms with van der Waals surface area (Å²) in [6.07, 6.45) is 2.54. The van der Waals surface area contributed by atoms with E-state index in [1.54, 1.807) is 19.1 Å². The molecule has 2 rings (SSSR count). The van der Waals surface area contributed by atoms with Crippen molar-refractivity contribution in [3.8, 4) is 5.75 Å². The van der Waals surface area contributed by atoms with Crippen LogP contribution in [0.4, 0.5) is 9.18 Å². The summed E-state index contributed by atoms with van der Waals surface area (Å²) >= 11 is 0. The van der Waals surface area contributed by atoms with Crippen molar-refractivity contribution in [1.29, 1.82) is 0 Å². The average molecular weight is 429 g/mol. The van der Waals surface area contributed by atoms with Crippen LogP contribution in [0.3, 0.4) is 0 Å². The monoisotopic (exact) mass is 428 g/mol. The van der Waals surface area contributed by atoms with Gasteiger partial charge in [-0.25, -0.2) is 17.6 Å². The van der Waals surface area contributed by atoms with Crippen LogP contribution in [0.25, 0.3) is 0 Å². The Balaban J connectivity index is 1.78. The number of carbonyl (C=O) groups excluding carboxylic acids is 2. The van der Waals surface area contributed by atoms with E-state index in [9.17, 15) is 22.4 Å². The maximum atomic E-state index is 13.8. The number of rotatable bonds is 12. The fraction of sp³-hybridized carbons (Fsp3) is 0.600. The predicted octanol–water partition coefficient (Wildman–Crippen LogP) is 2.85. The molecule has 1 fully saturated rings. The third-order valence-electron chi connectivity index (χ3n) is 4.74. The fourth-order valence-corrected chi connectivity index (χ4v) is 4.94. The molecule has 1 aliphatic heterocycles. The SMILES string of the molecule is CCCOc1cc([C@@H](C)CS(=O)(=O)CCCCCN2CC(=O)NC2=O)ccc1F. The topological polar surface area (TPSA) is 92.8 Å². The quantitative estimate of drug-likeness (QED) is 0.408. The molecule has 1 N–H and O–H groups in total. The summed E-state index contributed by atoms with van der Waals surface area (Å²) in [7, 11) is -3.27. The number of halogens is 1. The van der Waals surface area contributed by atoms with Crippen molar-refractivity contribution in [1.82, 2.24) is 10.2 Å². The van der Waals surface area contributed by atoms with Crippen LogP contribution in [0.1, 0.15) is 51.0 Å². The highest BCUT2D eigenvalue weighted by Gasteiger charge is 2.25. The number of carbonyl (C=O) groups is 2. The molecular weight excluding hydrogens is 399 g/mol. The van der Waals surface area contributed by atoms with E-state index in [0.29, 0.717) is 32.4 Å². The summed E-state index contributed by atoms with van der Waals surface area (Å²) in [5.74, 6) is -0.847. The Morgan fingerprint density at radius 1 is 1.24 bits per heavy atom. The molecule has 1 aliphatic rings.